The Balaban J connectivity index is 1.82. The Morgan fingerprint density at radius 2 is 1.48 bits per heavy atom. The summed E-state index contributed by atoms with van der Waals surface area (Å²) < 4.78 is 15.9. The number of amides is 2. The molecule has 33 heavy (non-hydrogen) atoms. The highest BCUT2D eigenvalue weighted by Crippen LogP contribution is 2.38. The number of methoxy groups -OCH3 is 3. The van der Waals surface area contributed by atoms with Crippen molar-refractivity contribution < 1.29 is 23.8 Å². The van der Waals surface area contributed by atoms with Crippen molar-refractivity contribution in [1.82, 2.24) is 0 Å². The van der Waals surface area contributed by atoms with E-state index in [1.54, 1.807) is 73.8 Å². The van der Waals surface area contributed by atoms with Crippen LogP contribution in [0.2, 0.25) is 5.02 Å². The van der Waals surface area contributed by atoms with Crippen molar-refractivity contribution in [3.05, 3.63) is 83.0 Å². The van der Waals surface area contributed by atoms with Gasteiger partial charge in [0.15, 0.2) is 11.5 Å². The van der Waals surface area contributed by atoms with Crippen LogP contribution in [0.5, 0.6) is 17.2 Å². The summed E-state index contributed by atoms with van der Waals surface area (Å²) in [6, 6.07) is 18.8. The van der Waals surface area contributed by atoms with Crippen LogP contribution in [-0.2, 0) is 9.59 Å². The molecule has 1 heterocycles. The molecule has 8 heteroatoms. The van der Waals surface area contributed by atoms with Crippen molar-refractivity contribution in [2.45, 2.75) is 0 Å². The Bertz CT molecular complexity index is 1250. The number of imide groups is 1. The number of carbonyl (C=O) groups excluding carboxylic acids is 2. The highest BCUT2D eigenvalue weighted by molar-refractivity contribution is 6.48. The molecule has 0 saturated carbocycles. The van der Waals surface area contributed by atoms with Gasteiger partial charge in [-0.05, 0) is 42.0 Å². The van der Waals surface area contributed by atoms with Crippen molar-refractivity contribution in [1.29, 1.82) is 0 Å². The first-order chi connectivity index (χ1) is 16.0. The summed E-state index contributed by atoms with van der Waals surface area (Å²) in [7, 11) is 4.62. The number of anilines is 2. The number of ether oxygens (including phenoxy) is 3. The molecule has 168 valence electrons. The van der Waals surface area contributed by atoms with Crippen LogP contribution in [0.25, 0.3) is 5.57 Å². The number of rotatable bonds is 7. The largest absolute Gasteiger partial charge is 0.497 e. The topological polar surface area (TPSA) is 77.1 Å². The molecular formula is C25H21ClN2O5. The maximum atomic E-state index is 13.5. The first kappa shape index (κ1) is 22.2. The van der Waals surface area contributed by atoms with E-state index in [1.165, 1.54) is 14.2 Å². The zero-order valence-corrected chi connectivity index (χ0v) is 19.0. The summed E-state index contributed by atoms with van der Waals surface area (Å²) in [5, 5.41) is 3.39. The summed E-state index contributed by atoms with van der Waals surface area (Å²) in [6.45, 7) is 0. The van der Waals surface area contributed by atoms with Gasteiger partial charge in [-0.3, -0.25) is 9.59 Å². The van der Waals surface area contributed by atoms with E-state index in [0.29, 0.717) is 39.2 Å². The first-order valence-corrected chi connectivity index (χ1v) is 10.4. The van der Waals surface area contributed by atoms with Crippen molar-refractivity contribution in [2.24, 2.45) is 0 Å². The number of carbonyl (C=O) groups is 2. The van der Waals surface area contributed by atoms with Crippen LogP contribution in [0.15, 0.2) is 72.4 Å². The second-order valence-electron chi connectivity index (χ2n) is 7.07. The lowest BCUT2D eigenvalue weighted by atomic mass is 10.0. The maximum absolute atomic E-state index is 13.5. The molecule has 0 fully saturated rings. The molecule has 1 aliphatic rings. The lowest BCUT2D eigenvalue weighted by molar-refractivity contribution is -0.120. The van der Waals surface area contributed by atoms with E-state index in [9.17, 15) is 9.59 Å². The highest BCUT2D eigenvalue weighted by Gasteiger charge is 2.41. The second-order valence-corrected chi connectivity index (χ2v) is 7.48. The third-order valence-corrected chi connectivity index (χ3v) is 5.53. The molecular weight excluding hydrogens is 444 g/mol. The fourth-order valence-corrected chi connectivity index (χ4v) is 3.80. The van der Waals surface area contributed by atoms with Crippen LogP contribution >= 0.6 is 11.6 Å². The predicted octanol–water partition coefficient (Wildman–Crippen LogP) is 4.76. The van der Waals surface area contributed by atoms with Crippen LogP contribution in [0.4, 0.5) is 11.4 Å². The van der Waals surface area contributed by atoms with Crippen molar-refractivity contribution >= 4 is 40.4 Å². The monoisotopic (exact) mass is 464 g/mol. The summed E-state index contributed by atoms with van der Waals surface area (Å²) in [5.41, 5.74) is 1.77. The van der Waals surface area contributed by atoms with Gasteiger partial charge in [-0.1, -0.05) is 35.9 Å². The van der Waals surface area contributed by atoms with E-state index in [2.05, 4.69) is 5.32 Å². The van der Waals surface area contributed by atoms with Gasteiger partial charge in [-0.2, -0.15) is 0 Å². The zero-order chi connectivity index (χ0) is 23.5. The van der Waals surface area contributed by atoms with Gasteiger partial charge in [-0.15, -0.1) is 0 Å². The molecule has 0 spiro atoms. The van der Waals surface area contributed by atoms with Gasteiger partial charge in [0.05, 0.1) is 37.6 Å². The van der Waals surface area contributed by atoms with Gasteiger partial charge in [0, 0.05) is 11.8 Å². The van der Waals surface area contributed by atoms with E-state index in [1.807, 2.05) is 0 Å². The first-order valence-electron chi connectivity index (χ1n) is 9.99. The average Bonchev–Trinajstić information content (AvgIpc) is 3.08. The molecule has 0 aromatic heterocycles. The summed E-state index contributed by atoms with van der Waals surface area (Å²) in [4.78, 5) is 28.1. The normalized spacial score (nSPS) is 13.4. The molecule has 1 N–H and O–H groups in total. The fraction of sp³-hybridized carbons (Fsp3) is 0.120. The van der Waals surface area contributed by atoms with E-state index < -0.39 is 11.8 Å². The van der Waals surface area contributed by atoms with Crippen LogP contribution in [0, 0.1) is 0 Å². The number of halogens is 1. The standard InChI is InChI=1S/C25H21ClN2O5/c1-31-17-11-8-15(9-12-17)22-23(27-16-10-13-20(32-2)21(14-16)33-3)25(30)28(24(22)29)19-7-5-4-6-18(19)26/h4-14,27H,1-3H3. The fourth-order valence-electron chi connectivity index (χ4n) is 3.58. The summed E-state index contributed by atoms with van der Waals surface area (Å²) >= 11 is 6.32. The quantitative estimate of drug-likeness (QED) is 0.508. The molecule has 3 aromatic carbocycles. The minimum Gasteiger partial charge on any atom is -0.497 e. The van der Waals surface area contributed by atoms with Gasteiger partial charge < -0.3 is 19.5 Å². The molecule has 0 radical (unpaired) electrons. The van der Waals surface area contributed by atoms with Gasteiger partial charge in [0.2, 0.25) is 0 Å². The molecule has 0 atom stereocenters. The molecule has 7 nitrogen and oxygen atoms in total. The van der Waals surface area contributed by atoms with Crippen LogP contribution < -0.4 is 24.4 Å². The third-order valence-electron chi connectivity index (χ3n) is 5.21. The lowest BCUT2D eigenvalue weighted by Crippen LogP contribution is -2.32. The number of para-hydroxylation sites is 1. The number of hydrogen-bond donors (Lipinski definition) is 1. The van der Waals surface area contributed by atoms with E-state index in [4.69, 9.17) is 25.8 Å². The maximum Gasteiger partial charge on any atom is 0.282 e. The number of nitrogens with one attached hydrogen (secondary N) is 1. The van der Waals surface area contributed by atoms with Gasteiger partial charge in [0.1, 0.15) is 11.4 Å². The van der Waals surface area contributed by atoms with Crippen molar-refractivity contribution in [2.75, 3.05) is 31.5 Å². The smallest absolute Gasteiger partial charge is 0.282 e. The van der Waals surface area contributed by atoms with E-state index in [0.717, 1.165) is 4.90 Å². The van der Waals surface area contributed by atoms with Gasteiger partial charge >= 0.3 is 0 Å². The molecule has 0 bridgehead atoms. The average molecular weight is 465 g/mol. The van der Waals surface area contributed by atoms with Crippen LogP contribution in [-0.4, -0.2) is 33.1 Å². The Labute approximate surface area is 196 Å². The van der Waals surface area contributed by atoms with E-state index >= 15 is 0 Å². The number of hydrogen-bond acceptors (Lipinski definition) is 6. The van der Waals surface area contributed by atoms with Crippen molar-refractivity contribution in [3.63, 3.8) is 0 Å². The van der Waals surface area contributed by atoms with Crippen molar-refractivity contribution in [3.8, 4) is 17.2 Å². The minimum atomic E-state index is -0.520. The second kappa shape index (κ2) is 9.26. The molecule has 0 aliphatic carbocycles. The Morgan fingerprint density at radius 1 is 0.788 bits per heavy atom. The summed E-state index contributed by atoms with van der Waals surface area (Å²) in [5.74, 6) is 0.649. The number of benzene rings is 3. The Kier molecular flexibility index (Phi) is 6.24. The molecule has 2 amide bonds. The van der Waals surface area contributed by atoms with E-state index in [-0.39, 0.29) is 11.3 Å². The van der Waals surface area contributed by atoms with Crippen LogP contribution in [0.3, 0.4) is 0 Å². The van der Waals surface area contributed by atoms with Gasteiger partial charge in [0.25, 0.3) is 11.8 Å². The van der Waals surface area contributed by atoms with Crippen LogP contribution in [0.1, 0.15) is 5.56 Å². The number of nitrogens with zero attached hydrogens (tertiary/aromatic N) is 1. The minimum absolute atomic E-state index is 0.123. The van der Waals surface area contributed by atoms with Gasteiger partial charge in [-0.25, -0.2) is 4.90 Å². The Morgan fingerprint density at radius 3 is 2.12 bits per heavy atom. The highest BCUT2D eigenvalue weighted by atomic mass is 35.5. The third kappa shape index (κ3) is 4.10. The Hall–Kier alpha value is -3.97. The molecule has 0 saturated heterocycles. The predicted molar refractivity (Wildman–Crippen MR) is 127 cm³/mol. The molecule has 4 rings (SSSR count). The molecule has 3 aromatic rings. The lowest BCUT2D eigenvalue weighted by Gasteiger charge is -2.17. The zero-order valence-electron chi connectivity index (χ0n) is 18.2. The SMILES string of the molecule is COc1ccc(C2=C(Nc3ccc(OC)c(OC)c3)C(=O)N(c3ccccc3Cl)C2=O)cc1. The molecule has 1 aliphatic heterocycles. The molecule has 0 unspecified atom stereocenters. The summed E-state index contributed by atoms with van der Waals surface area (Å²) in [6.07, 6.45) is 0.